The number of hydrogen-bond acceptors (Lipinski definition) is 6. The monoisotopic (exact) mass is 407 g/mol. The van der Waals surface area contributed by atoms with Crippen LogP contribution in [0.3, 0.4) is 0 Å². The normalized spacial score (nSPS) is 60.7. The number of thiophene rings is 2. The van der Waals surface area contributed by atoms with Crippen molar-refractivity contribution in [3.05, 3.63) is 44.6 Å². The van der Waals surface area contributed by atoms with E-state index in [1.807, 2.05) is 0 Å². The van der Waals surface area contributed by atoms with Crippen molar-refractivity contribution in [3.8, 4) is 0 Å². The zero-order chi connectivity index (χ0) is 31.5. The van der Waals surface area contributed by atoms with Crippen molar-refractivity contribution in [3.63, 3.8) is 0 Å². The number of quaternary nitrogens is 1. The van der Waals surface area contributed by atoms with Crippen molar-refractivity contribution in [2.75, 3.05) is 14.1 Å². The van der Waals surface area contributed by atoms with Gasteiger partial charge in [0.15, 0.2) is 0 Å². The van der Waals surface area contributed by atoms with Gasteiger partial charge in [-0.2, -0.15) is 0 Å². The summed E-state index contributed by atoms with van der Waals surface area (Å²) in [5.74, 6) is -2.11. The SMILES string of the molecule is [2H]c1sc(C(O)(C(=O)OC2([2H])C([2H])([2H])C3([2H])C4([2H])OC4([2H])C([2H])(C2([2H])[2H])[N+]3(C)C)c2sc([2H])c([2H])c2[2H])c([2H])c1[2H]. The number of carbonyl (C=O) groups is 1. The van der Waals surface area contributed by atoms with E-state index in [4.69, 9.17) is 30.0 Å². The highest BCUT2D eigenvalue weighted by Gasteiger charge is 2.71. The van der Waals surface area contributed by atoms with Gasteiger partial charge in [0.1, 0.15) is 30.3 Å². The highest BCUT2D eigenvalue weighted by molar-refractivity contribution is 7.12. The molecule has 3 fully saturated rings. The van der Waals surface area contributed by atoms with Crippen LogP contribution in [0.1, 0.15) is 43.1 Å². The molecule has 5 nitrogen and oxygen atoms in total. The smallest absolute Gasteiger partial charge is 0.349 e. The van der Waals surface area contributed by atoms with E-state index in [0.717, 1.165) is 14.1 Å². The van der Waals surface area contributed by atoms with Crippen LogP contribution in [0.5, 0.6) is 0 Å². The predicted molar refractivity (Wildman–Crippen MR) is 99.1 cm³/mol. The Labute approximate surface area is 181 Å². The van der Waals surface area contributed by atoms with Crippen LogP contribution >= 0.6 is 22.7 Å². The lowest BCUT2D eigenvalue weighted by Crippen LogP contribution is -2.60. The minimum atomic E-state index is -3.96. The van der Waals surface area contributed by atoms with Gasteiger partial charge in [-0.25, -0.2) is 4.79 Å². The first-order valence-corrected chi connectivity index (χ1v) is 9.04. The van der Waals surface area contributed by atoms with Crippen LogP contribution in [0.2, 0.25) is 0 Å². The molecule has 138 valence electrons. The molecule has 2 aromatic heterocycles. The Bertz CT molecular complexity index is 1450. The Morgan fingerprint density at radius 1 is 1.31 bits per heavy atom. The van der Waals surface area contributed by atoms with Gasteiger partial charge < -0.3 is 19.1 Å². The molecule has 3 saturated heterocycles. The first-order chi connectivity index (χ1) is 18.3. The first-order valence-electron chi connectivity index (χ1n) is 14.9. The number of esters is 1. The van der Waals surface area contributed by atoms with Crippen molar-refractivity contribution in [1.29, 1.82) is 0 Å². The summed E-state index contributed by atoms with van der Waals surface area (Å²) in [6.45, 7) is 0. The maximum Gasteiger partial charge on any atom is 0.349 e. The van der Waals surface area contributed by atoms with Crippen LogP contribution in [0.25, 0.3) is 0 Å². The standard InChI is InChI=1S/C19H22NO4S2/c1-20(2)12-9-11(10-13(20)17-16(12)24-17)23-18(21)19(22,14-5-3-7-25-14)15-6-4-8-26-15/h3-8,11-13,16-17,22H,9-10H2,1-2H3/q+1/i3D,4D,5D,6D,7D,8D,9D2,10D2,11D,12D,13D,16D,17D. The molecule has 0 spiro atoms. The van der Waals surface area contributed by atoms with Gasteiger partial charge in [0.25, 0.3) is 0 Å². The number of carbonyl (C=O) groups excluding carboxylic acids is 1. The summed E-state index contributed by atoms with van der Waals surface area (Å²) in [6, 6.07) is -9.64. The molecule has 2 bridgehead atoms. The minimum absolute atomic E-state index is 0.209. The van der Waals surface area contributed by atoms with Gasteiger partial charge in [-0.15, -0.1) is 22.7 Å². The van der Waals surface area contributed by atoms with Crippen molar-refractivity contribution < 1.29 is 44.4 Å². The number of likely N-dealkylation sites (N-methyl/N-ethyl adjacent to an activating group) is 1. The molecule has 2 aromatic rings. The highest BCUT2D eigenvalue weighted by Crippen LogP contribution is 2.52. The summed E-state index contributed by atoms with van der Waals surface area (Å²) in [5, 5.41) is 10.6. The van der Waals surface area contributed by atoms with Gasteiger partial charge >= 0.3 is 5.97 Å². The molecule has 5 heterocycles. The van der Waals surface area contributed by atoms with Gasteiger partial charge in [-0.1, -0.05) is 12.1 Å². The highest BCUT2D eigenvalue weighted by atomic mass is 32.1. The van der Waals surface area contributed by atoms with E-state index < -0.39 is 104 Å². The Hall–Kier alpha value is -1.25. The Balaban J connectivity index is 1.76. The molecule has 0 aromatic carbocycles. The zero-order valence-corrected chi connectivity index (χ0v) is 15.1. The molecule has 3 aliphatic heterocycles. The molecular formula is C19H22NO4S2+. The maximum atomic E-state index is 13.9. The molecule has 26 heavy (non-hydrogen) atoms. The van der Waals surface area contributed by atoms with E-state index in [1.54, 1.807) is 0 Å². The molecule has 1 N–H and O–H groups in total. The van der Waals surface area contributed by atoms with Crippen LogP contribution in [-0.2, 0) is 19.9 Å². The largest absolute Gasteiger partial charge is 0.459 e. The Morgan fingerprint density at radius 2 is 1.85 bits per heavy atom. The van der Waals surface area contributed by atoms with E-state index in [0.29, 0.717) is 0 Å². The molecule has 4 unspecified atom stereocenters. The van der Waals surface area contributed by atoms with Gasteiger partial charge in [-0.05, 0) is 22.8 Å². The van der Waals surface area contributed by atoms with E-state index in [2.05, 4.69) is 0 Å². The number of morpholine rings is 1. The van der Waals surface area contributed by atoms with Crippen molar-refractivity contribution in [1.82, 2.24) is 0 Å². The van der Waals surface area contributed by atoms with E-state index in [1.165, 1.54) is 0 Å². The number of fused-ring (bicyclic) bond motifs is 5. The molecule has 7 heteroatoms. The quantitative estimate of drug-likeness (QED) is 0.480. The number of aliphatic hydroxyl groups is 1. The molecule has 5 rings (SSSR count). The summed E-state index contributed by atoms with van der Waals surface area (Å²) in [4.78, 5) is 12.3. The second kappa shape index (κ2) is 5.62. The topological polar surface area (TPSA) is 59.1 Å². The van der Waals surface area contributed by atoms with Crippen molar-refractivity contribution >= 4 is 28.6 Å². The minimum Gasteiger partial charge on any atom is -0.459 e. The Morgan fingerprint density at radius 3 is 2.31 bits per heavy atom. The average molecular weight is 408 g/mol. The number of ether oxygens (including phenoxy) is 2. The summed E-state index contributed by atoms with van der Waals surface area (Å²) in [5.41, 5.74) is -3.43. The average Bonchev–Trinajstić information content (AvgIpc) is 3.22. The zero-order valence-electron chi connectivity index (χ0n) is 28.4. The van der Waals surface area contributed by atoms with E-state index in [-0.39, 0.29) is 22.7 Å². The lowest BCUT2D eigenvalue weighted by molar-refractivity contribution is -0.938. The van der Waals surface area contributed by atoms with Crippen LogP contribution in [0.4, 0.5) is 0 Å². The number of nitrogens with zero attached hydrogens (tertiary/aromatic N) is 1. The van der Waals surface area contributed by atoms with Crippen LogP contribution in [0.15, 0.2) is 34.9 Å². The molecule has 0 aliphatic carbocycles. The number of rotatable bonds is 4. The lowest BCUT2D eigenvalue weighted by atomic mass is 9.95. The third-order valence-electron chi connectivity index (χ3n) is 4.29. The predicted octanol–water partition coefficient (Wildman–Crippen LogP) is 2.35. The lowest BCUT2D eigenvalue weighted by Gasteiger charge is -2.45. The van der Waals surface area contributed by atoms with Crippen molar-refractivity contribution in [2.45, 2.75) is 48.6 Å². The number of hydrogen-bond donors (Lipinski definition) is 1. The summed E-state index contributed by atoms with van der Waals surface area (Å²) in [7, 11) is 2.03. The van der Waals surface area contributed by atoms with Crippen LogP contribution in [0, 0.1) is 0 Å². The third kappa shape index (κ3) is 2.28. The van der Waals surface area contributed by atoms with E-state index >= 15 is 0 Å². The van der Waals surface area contributed by atoms with E-state index in [9.17, 15) is 9.90 Å². The fourth-order valence-electron chi connectivity index (χ4n) is 2.85. The first kappa shape index (κ1) is 7.29. The number of piperidine rings is 1. The molecule has 0 radical (unpaired) electrons. The molecule has 0 saturated carbocycles. The molecule has 0 amide bonds. The van der Waals surface area contributed by atoms with Gasteiger partial charge in [0, 0.05) is 18.2 Å². The summed E-state index contributed by atoms with van der Waals surface area (Å²) >= 11 is 0.419. The second-order valence-corrected chi connectivity index (χ2v) is 7.79. The fraction of sp³-hybridized carbons (Fsp3) is 0.526. The van der Waals surface area contributed by atoms with Gasteiger partial charge in [0.2, 0.25) is 5.60 Å². The summed E-state index contributed by atoms with van der Waals surface area (Å²) in [6.07, 6.45) is -17.3. The second-order valence-electron chi connectivity index (χ2n) is 6.16. The molecular weight excluding hydrogens is 370 g/mol. The van der Waals surface area contributed by atoms with Crippen LogP contribution < -0.4 is 0 Å². The molecule has 4 atom stereocenters. The molecule has 3 aliphatic rings. The third-order valence-corrected chi connectivity index (χ3v) is 5.90. The van der Waals surface area contributed by atoms with Gasteiger partial charge in [0.05, 0.1) is 38.9 Å². The van der Waals surface area contributed by atoms with Gasteiger partial charge in [-0.3, -0.25) is 0 Å². The van der Waals surface area contributed by atoms with Crippen molar-refractivity contribution in [2.24, 2.45) is 0 Å². The van der Waals surface area contributed by atoms with Crippen LogP contribution in [-0.4, -0.2) is 59.9 Å². The summed E-state index contributed by atoms with van der Waals surface area (Å²) < 4.78 is 136. The Kier molecular flexibility index (Phi) is 1.58. The fourth-order valence-corrected chi connectivity index (χ4v) is 4.19. The maximum absolute atomic E-state index is 13.9. The number of epoxide rings is 1.